The van der Waals surface area contributed by atoms with Gasteiger partial charge in [0, 0.05) is 6.07 Å². The van der Waals surface area contributed by atoms with Gasteiger partial charge >= 0.3 is 17.6 Å². The van der Waals surface area contributed by atoms with Crippen molar-refractivity contribution in [1.82, 2.24) is 0 Å². The lowest BCUT2D eigenvalue weighted by atomic mass is 9.78. The number of rotatable bonds is 6. The molecule has 1 unspecified atom stereocenters. The van der Waals surface area contributed by atoms with Crippen LogP contribution >= 0.6 is 0 Å². The lowest BCUT2D eigenvalue weighted by molar-refractivity contribution is -0.387. The zero-order valence-electron chi connectivity index (χ0n) is 12.4. The summed E-state index contributed by atoms with van der Waals surface area (Å²) in [6.45, 7) is 3.12. The van der Waals surface area contributed by atoms with Crippen molar-refractivity contribution >= 4 is 17.6 Å². The highest BCUT2D eigenvalue weighted by Gasteiger charge is 2.49. The Morgan fingerprint density at radius 1 is 1.32 bits per heavy atom. The Kier molecular flexibility index (Phi) is 5.56. The number of methoxy groups -OCH3 is 1. The zero-order chi connectivity index (χ0) is 16.9. The number of esters is 2. The molecule has 1 aromatic carbocycles. The molecule has 0 N–H and O–H groups in total. The summed E-state index contributed by atoms with van der Waals surface area (Å²) in [5.74, 6) is -2.95. The van der Waals surface area contributed by atoms with Crippen LogP contribution in [0.5, 0.6) is 0 Å². The second-order valence-electron chi connectivity index (χ2n) is 4.39. The summed E-state index contributed by atoms with van der Waals surface area (Å²) in [6.07, 6.45) is -0.0459. The van der Waals surface area contributed by atoms with Gasteiger partial charge in [0.15, 0.2) is 5.41 Å². The van der Waals surface area contributed by atoms with Crippen LogP contribution in [0.15, 0.2) is 18.2 Å². The molecule has 0 heterocycles. The molecule has 22 heavy (non-hydrogen) atoms. The largest absolute Gasteiger partial charge is 0.468 e. The van der Waals surface area contributed by atoms with E-state index in [9.17, 15) is 24.1 Å². The van der Waals surface area contributed by atoms with Gasteiger partial charge in [-0.2, -0.15) is 4.39 Å². The molecule has 8 heteroatoms. The highest BCUT2D eigenvalue weighted by Crippen LogP contribution is 2.33. The quantitative estimate of drug-likeness (QED) is 0.345. The second kappa shape index (κ2) is 6.97. The molecule has 0 aliphatic rings. The molecule has 120 valence electrons. The van der Waals surface area contributed by atoms with Crippen molar-refractivity contribution in [1.29, 1.82) is 0 Å². The molecule has 1 atom stereocenters. The molecule has 0 aliphatic carbocycles. The number of hydrogen-bond donors (Lipinski definition) is 0. The summed E-state index contributed by atoms with van der Waals surface area (Å²) in [4.78, 5) is 34.1. The van der Waals surface area contributed by atoms with E-state index < -0.39 is 33.8 Å². The van der Waals surface area contributed by atoms with Crippen molar-refractivity contribution in [2.75, 3.05) is 13.7 Å². The normalized spacial score (nSPS) is 13.1. The van der Waals surface area contributed by atoms with Crippen LogP contribution in [-0.4, -0.2) is 30.6 Å². The Balaban J connectivity index is 3.51. The van der Waals surface area contributed by atoms with Gasteiger partial charge in [0.25, 0.3) is 0 Å². The number of nitrogens with zero attached hydrogens (tertiary/aromatic N) is 1. The summed E-state index contributed by atoms with van der Waals surface area (Å²) in [5, 5.41) is 10.7. The molecule has 0 fully saturated rings. The Hall–Kier alpha value is -2.51. The molecular weight excluding hydrogens is 297 g/mol. The van der Waals surface area contributed by atoms with E-state index in [1.165, 1.54) is 6.92 Å². The molecule has 0 spiro atoms. The first-order chi connectivity index (χ1) is 10.3. The van der Waals surface area contributed by atoms with Crippen LogP contribution in [0.4, 0.5) is 10.1 Å². The molecule has 0 aliphatic heterocycles. The molecule has 0 saturated carbocycles. The summed E-state index contributed by atoms with van der Waals surface area (Å²) < 4.78 is 23.4. The van der Waals surface area contributed by atoms with Crippen LogP contribution in [0.1, 0.15) is 25.8 Å². The van der Waals surface area contributed by atoms with Crippen LogP contribution in [0, 0.1) is 15.9 Å². The third kappa shape index (κ3) is 2.90. The first kappa shape index (κ1) is 17.5. The number of ether oxygens (including phenoxy) is 2. The van der Waals surface area contributed by atoms with E-state index in [0.717, 1.165) is 25.3 Å². The number of hydrogen-bond acceptors (Lipinski definition) is 6. The van der Waals surface area contributed by atoms with Crippen molar-refractivity contribution in [2.45, 2.75) is 25.7 Å². The van der Waals surface area contributed by atoms with E-state index in [1.54, 1.807) is 6.92 Å². The highest BCUT2D eigenvalue weighted by atomic mass is 19.1. The van der Waals surface area contributed by atoms with E-state index in [1.807, 2.05) is 0 Å². The first-order valence-corrected chi connectivity index (χ1v) is 6.55. The third-order valence-corrected chi connectivity index (χ3v) is 3.33. The van der Waals surface area contributed by atoms with Crippen molar-refractivity contribution in [3.05, 3.63) is 39.7 Å². The number of nitro benzene ring substituents is 1. The van der Waals surface area contributed by atoms with Crippen molar-refractivity contribution in [2.24, 2.45) is 0 Å². The van der Waals surface area contributed by atoms with E-state index in [2.05, 4.69) is 4.74 Å². The number of carbonyl (C=O) groups excluding carboxylic acids is 2. The fourth-order valence-electron chi connectivity index (χ4n) is 2.16. The smallest absolute Gasteiger partial charge is 0.328 e. The summed E-state index contributed by atoms with van der Waals surface area (Å²) in [5.41, 5.74) is -2.66. The fraction of sp³-hybridized carbons (Fsp3) is 0.429. The zero-order valence-corrected chi connectivity index (χ0v) is 12.4. The molecule has 0 saturated heterocycles. The molecule has 0 bridgehead atoms. The van der Waals surface area contributed by atoms with Gasteiger partial charge in [-0.05, 0) is 25.0 Å². The topological polar surface area (TPSA) is 95.7 Å². The summed E-state index contributed by atoms with van der Waals surface area (Å²) >= 11 is 0. The molecule has 0 amide bonds. The van der Waals surface area contributed by atoms with Crippen molar-refractivity contribution in [3.8, 4) is 0 Å². The maximum absolute atomic E-state index is 13.8. The molecule has 1 rings (SSSR count). The van der Waals surface area contributed by atoms with Gasteiger partial charge < -0.3 is 9.47 Å². The van der Waals surface area contributed by atoms with E-state index in [0.29, 0.717) is 0 Å². The number of nitro groups is 1. The number of halogens is 1. The highest BCUT2D eigenvalue weighted by molar-refractivity contribution is 6.06. The Morgan fingerprint density at radius 3 is 2.36 bits per heavy atom. The molecular formula is C14H16FNO6. The van der Waals surface area contributed by atoms with Crippen molar-refractivity contribution < 1.29 is 28.4 Å². The number of benzene rings is 1. The van der Waals surface area contributed by atoms with Crippen molar-refractivity contribution in [3.63, 3.8) is 0 Å². The van der Waals surface area contributed by atoms with Gasteiger partial charge in [0.2, 0.25) is 5.82 Å². The average Bonchev–Trinajstić information content (AvgIpc) is 2.48. The van der Waals surface area contributed by atoms with E-state index >= 15 is 0 Å². The minimum Gasteiger partial charge on any atom is -0.468 e. The summed E-state index contributed by atoms with van der Waals surface area (Å²) in [7, 11) is 1.09. The SMILES string of the molecule is CCOC(=O)C(CC)(C(=O)OC)c1ccc([N+](=O)[O-])c(F)c1. The third-order valence-electron chi connectivity index (χ3n) is 3.33. The predicted octanol–water partition coefficient (Wildman–Crippen LogP) is 2.12. The standard InChI is InChI=1S/C14H16FNO6/c1-4-14(12(17)21-3,13(18)22-5-2)9-6-7-11(16(19)20)10(15)8-9/h6-8H,4-5H2,1-3H3. The van der Waals surface area contributed by atoms with Gasteiger partial charge in [-0.3, -0.25) is 19.7 Å². The Labute approximate surface area is 126 Å². The van der Waals surface area contributed by atoms with Crippen LogP contribution in [0.3, 0.4) is 0 Å². The minimum atomic E-state index is -1.86. The van der Waals surface area contributed by atoms with Gasteiger partial charge in [0.1, 0.15) is 0 Å². The first-order valence-electron chi connectivity index (χ1n) is 6.55. The van der Waals surface area contributed by atoms with E-state index in [4.69, 9.17) is 4.74 Å². The monoisotopic (exact) mass is 313 g/mol. The molecule has 1 aromatic rings. The minimum absolute atomic E-state index is 0.0209. The van der Waals surface area contributed by atoms with Gasteiger partial charge in [0.05, 0.1) is 18.6 Å². The van der Waals surface area contributed by atoms with Gasteiger partial charge in [-0.15, -0.1) is 0 Å². The molecule has 0 aromatic heterocycles. The maximum Gasteiger partial charge on any atom is 0.328 e. The second-order valence-corrected chi connectivity index (χ2v) is 4.39. The molecule has 7 nitrogen and oxygen atoms in total. The van der Waals surface area contributed by atoms with Gasteiger partial charge in [-0.25, -0.2) is 0 Å². The Morgan fingerprint density at radius 2 is 1.95 bits per heavy atom. The number of carbonyl (C=O) groups is 2. The van der Waals surface area contributed by atoms with Gasteiger partial charge in [-0.1, -0.05) is 13.0 Å². The van der Waals surface area contributed by atoms with Crippen LogP contribution in [-0.2, 0) is 24.5 Å². The lowest BCUT2D eigenvalue weighted by Gasteiger charge is -2.27. The predicted molar refractivity (Wildman–Crippen MR) is 73.7 cm³/mol. The van der Waals surface area contributed by atoms with Crippen LogP contribution in [0.25, 0.3) is 0 Å². The maximum atomic E-state index is 13.8. The van der Waals surface area contributed by atoms with E-state index in [-0.39, 0.29) is 18.6 Å². The van der Waals surface area contributed by atoms with Crippen LogP contribution in [0.2, 0.25) is 0 Å². The Bertz CT molecular complexity index is 603. The average molecular weight is 313 g/mol. The van der Waals surface area contributed by atoms with Crippen LogP contribution < -0.4 is 0 Å². The lowest BCUT2D eigenvalue weighted by Crippen LogP contribution is -2.45. The fourth-order valence-corrected chi connectivity index (χ4v) is 2.16. The summed E-state index contributed by atoms with van der Waals surface area (Å²) in [6, 6.07) is 2.84. The molecule has 0 radical (unpaired) electrons.